The number of alkyl halides is 1. The van der Waals surface area contributed by atoms with Crippen LogP contribution in [0.5, 0.6) is 0 Å². The van der Waals surface area contributed by atoms with Gasteiger partial charge in [0.05, 0.1) is 10.4 Å². The molecule has 0 aliphatic heterocycles. The van der Waals surface area contributed by atoms with Gasteiger partial charge in [0.15, 0.2) is 0 Å². The highest BCUT2D eigenvalue weighted by Crippen LogP contribution is 2.25. The van der Waals surface area contributed by atoms with Gasteiger partial charge in [0.25, 0.3) is 0 Å². The molecule has 112 valence electrons. The standard InChI is InChI=1S/C15H15BrFNO2S/c1-15(11-16,12-5-3-2-4-6-12)18-21(19,20)14-9-7-13(17)8-10-14/h2-10,18H,11H2,1H3. The second-order valence-corrected chi connectivity index (χ2v) is 7.13. The van der Waals surface area contributed by atoms with Crippen LogP contribution >= 0.6 is 15.9 Å². The zero-order chi connectivity index (χ0) is 15.5. The minimum atomic E-state index is -3.74. The van der Waals surface area contributed by atoms with Gasteiger partial charge in [-0.25, -0.2) is 17.5 Å². The smallest absolute Gasteiger partial charge is 0.207 e. The van der Waals surface area contributed by atoms with Gasteiger partial charge >= 0.3 is 0 Å². The number of hydrogen-bond donors (Lipinski definition) is 1. The Labute approximate surface area is 132 Å². The van der Waals surface area contributed by atoms with E-state index in [2.05, 4.69) is 20.7 Å². The fourth-order valence-electron chi connectivity index (χ4n) is 1.94. The number of benzene rings is 2. The lowest BCUT2D eigenvalue weighted by Gasteiger charge is -2.29. The van der Waals surface area contributed by atoms with Crippen LogP contribution in [0.25, 0.3) is 0 Å². The molecule has 0 saturated heterocycles. The van der Waals surface area contributed by atoms with Crippen molar-refractivity contribution in [2.24, 2.45) is 0 Å². The first-order chi connectivity index (χ1) is 9.87. The van der Waals surface area contributed by atoms with Crippen molar-refractivity contribution in [3.05, 3.63) is 66.0 Å². The first-order valence-corrected chi connectivity index (χ1v) is 8.89. The first kappa shape index (κ1) is 16.1. The molecule has 2 rings (SSSR count). The van der Waals surface area contributed by atoms with Crippen molar-refractivity contribution in [2.45, 2.75) is 17.4 Å². The molecule has 0 aliphatic carbocycles. The zero-order valence-corrected chi connectivity index (χ0v) is 13.8. The largest absolute Gasteiger partial charge is 0.241 e. The van der Waals surface area contributed by atoms with Crippen LogP contribution in [-0.2, 0) is 15.6 Å². The summed E-state index contributed by atoms with van der Waals surface area (Å²) in [7, 11) is -3.74. The summed E-state index contributed by atoms with van der Waals surface area (Å²) < 4.78 is 40.5. The van der Waals surface area contributed by atoms with Crippen molar-refractivity contribution in [1.29, 1.82) is 0 Å². The van der Waals surface area contributed by atoms with Crippen molar-refractivity contribution < 1.29 is 12.8 Å². The summed E-state index contributed by atoms with van der Waals surface area (Å²) in [5.41, 5.74) is 0.0432. The molecule has 21 heavy (non-hydrogen) atoms. The third kappa shape index (κ3) is 3.70. The fourth-order valence-corrected chi connectivity index (χ4v) is 3.98. The molecule has 0 aliphatic rings. The molecule has 0 fully saturated rings. The highest BCUT2D eigenvalue weighted by molar-refractivity contribution is 9.09. The summed E-state index contributed by atoms with van der Waals surface area (Å²) in [5.74, 6) is -0.472. The summed E-state index contributed by atoms with van der Waals surface area (Å²) in [6.07, 6.45) is 0. The van der Waals surface area contributed by atoms with E-state index in [1.54, 1.807) is 6.92 Å². The molecule has 2 aromatic carbocycles. The van der Waals surface area contributed by atoms with Gasteiger partial charge in [0, 0.05) is 5.33 Å². The van der Waals surface area contributed by atoms with Gasteiger partial charge < -0.3 is 0 Å². The van der Waals surface area contributed by atoms with Gasteiger partial charge in [0.2, 0.25) is 10.0 Å². The molecular weight excluding hydrogens is 357 g/mol. The molecule has 1 atom stereocenters. The van der Waals surface area contributed by atoms with Crippen LogP contribution in [0.15, 0.2) is 59.5 Å². The summed E-state index contributed by atoms with van der Waals surface area (Å²) in [4.78, 5) is 0.0343. The zero-order valence-electron chi connectivity index (χ0n) is 11.4. The van der Waals surface area contributed by atoms with E-state index in [0.717, 1.165) is 17.7 Å². The molecule has 0 aromatic heterocycles. The van der Waals surface area contributed by atoms with Crippen molar-refractivity contribution in [1.82, 2.24) is 4.72 Å². The minimum Gasteiger partial charge on any atom is -0.207 e. The number of nitrogens with one attached hydrogen (secondary N) is 1. The van der Waals surface area contributed by atoms with Gasteiger partial charge in [-0.05, 0) is 36.8 Å². The molecule has 0 spiro atoms. The average Bonchev–Trinajstić information content (AvgIpc) is 2.48. The van der Waals surface area contributed by atoms with Crippen LogP contribution in [0.2, 0.25) is 0 Å². The van der Waals surface area contributed by atoms with E-state index in [4.69, 9.17) is 0 Å². The van der Waals surface area contributed by atoms with Gasteiger partial charge in [-0.1, -0.05) is 46.3 Å². The van der Waals surface area contributed by atoms with E-state index < -0.39 is 21.4 Å². The first-order valence-electron chi connectivity index (χ1n) is 6.28. The molecule has 1 unspecified atom stereocenters. The highest BCUT2D eigenvalue weighted by atomic mass is 79.9. The third-order valence-electron chi connectivity index (χ3n) is 3.16. The molecule has 0 radical (unpaired) electrons. The van der Waals surface area contributed by atoms with Crippen LogP contribution in [0, 0.1) is 5.82 Å². The number of hydrogen-bond acceptors (Lipinski definition) is 2. The topological polar surface area (TPSA) is 46.2 Å². The van der Waals surface area contributed by atoms with Crippen molar-refractivity contribution in [3.63, 3.8) is 0 Å². The van der Waals surface area contributed by atoms with E-state index in [9.17, 15) is 12.8 Å². The van der Waals surface area contributed by atoms with Crippen LogP contribution < -0.4 is 4.72 Å². The molecule has 6 heteroatoms. The molecule has 0 heterocycles. The maximum absolute atomic E-state index is 12.9. The van der Waals surface area contributed by atoms with E-state index >= 15 is 0 Å². The summed E-state index contributed by atoms with van der Waals surface area (Å²) >= 11 is 3.36. The molecule has 3 nitrogen and oxygen atoms in total. The van der Waals surface area contributed by atoms with Crippen molar-refractivity contribution in [2.75, 3.05) is 5.33 Å². The van der Waals surface area contributed by atoms with Crippen molar-refractivity contribution in [3.8, 4) is 0 Å². The number of sulfonamides is 1. The quantitative estimate of drug-likeness (QED) is 0.818. The van der Waals surface area contributed by atoms with Crippen LogP contribution in [0.3, 0.4) is 0 Å². The second kappa shape index (κ2) is 6.25. The predicted molar refractivity (Wildman–Crippen MR) is 84.3 cm³/mol. The van der Waals surface area contributed by atoms with Crippen LogP contribution in [0.1, 0.15) is 12.5 Å². The lowest BCUT2D eigenvalue weighted by Crippen LogP contribution is -2.44. The highest BCUT2D eigenvalue weighted by Gasteiger charge is 2.31. The predicted octanol–water partition coefficient (Wildman–Crippen LogP) is 3.41. The molecule has 0 saturated carbocycles. The Morgan fingerprint density at radius 3 is 2.19 bits per heavy atom. The van der Waals surface area contributed by atoms with E-state index in [1.807, 2.05) is 30.3 Å². The Kier molecular flexibility index (Phi) is 4.81. The minimum absolute atomic E-state index is 0.0343. The number of halogens is 2. The van der Waals surface area contributed by atoms with Crippen molar-refractivity contribution >= 4 is 26.0 Å². The van der Waals surface area contributed by atoms with E-state index in [1.165, 1.54) is 12.1 Å². The lowest BCUT2D eigenvalue weighted by molar-refractivity contribution is 0.482. The Hall–Kier alpha value is -1.24. The van der Waals surface area contributed by atoms with Gasteiger partial charge in [-0.15, -0.1) is 0 Å². The fraction of sp³-hybridized carbons (Fsp3) is 0.200. The van der Waals surface area contributed by atoms with E-state index in [-0.39, 0.29) is 4.90 Å². The Morgan fingerprint density at radius 2 is 1.67 bits per heavy atom. The van der Waals surface area contributed by atoms with Gasteiger partial charge in [-0.2, -0.15) is 0 Å². The average molecular weight is 372 g/mol. The Bertz CT molecular complexity index is 704. The maximum atomic E-state index is 12.9. The summed E-state index contributed by atoms with van der Waals surface area (Å²) in [6.45, 7) is 1.79. The molecular formula is C15H15BrFNO2S. The normalized spacial score (nSPS) is 14.6. The Balaban J connectivity index is 2.35. The summed E-state index contributed by atoms with van der Waals surface area (Å²) in [6, 6.07) is 14.0. The Morgan fingerprint density at radius 1 is 1.10 bits per heavy atom. The molecule has 0 amide bonds. The molecule has 2 aromatic rings. The van der Waals surface area contributed by atoms with Gasteiger partial charge in [0.1, 0.15) is 5.82 Å². The van der Waals surface area contributed by atoms with Gasteiger partial charge in [-0.3, -0.25) is 0 Å². The van der Waals surface area contributed by atoms with Crippen LogP contribution in [-0.4, -0.2) is 13.7 Å². The summed E-state index contributed by atoms with van der Waals surface area (Å²) in [5, 5.41) is 0.407. The monoisotopic (exact) mass is 371 g/mol. The lowest BCUT2D eigenvalue weighted by atomic mass is 9.96. The molecule has 1 N–H and O–H groups in total. The third-order valence-corrected chi connectivity index (χ3v) is 5.90. The SMILES string of the molecule is CC(CBr)(NS(=O)(=O)c1ccc(F)cc1)c1ccccc1. The number of rotatable bonds is 5. The second-order valence-electron chi connectivity index (χ2n) is 4.89. The molecule has 0 bridgehead atoms. The van der Waals surface area contributed by atoms with Crippen LogP contribution in [0.4, 0.5) is 4.39 Å². The maximum Gasteiger partial charge on any atom is 0.241 e. The van der Waals surface area contributed by atoms with E-state index in [0.29, 0.717) is 5.33 Å².